The molecule has 0 aromatic heterocycles. The lowest BCUT2D eigenvalue weighted by atomic mass is 9.73. The highest BCUT2D eigenvalue weighted by Gasteiger charge is 2.42. The summed E-state index contributed by atoms with van der Waals surface area (Å²) in [5.74, 6) is -36.4. The molecule has 0 aliphatic heterocycles. The first kappa shape index (κ1) is 33.0. The van der Waals surface area contributed by atoms with Crippen LogP contribution in [0.15, 0.2) is 36.4 Å². The van der Waals surface area contributed by atoms with E-state index >= 15 is 26.3 Å². The first-order valence-electron chi connectivity index (χ1n) is 13.5. The summed E-state index contributed by atoms with van der Waals surface area (Å²) in [4.78, 5) is 0. The van der Waals surface area contributed by atoms with Crippen molar-refractivity contribution in [1.29, 1.82) is 0 Å². The summed E-state index contributed by atoms with van der Waals surface area (Å²) in [6.07, 6.45) is 0. The van der Waals surface area contributed by atoms with Crippen LogP contribution < -0.4 is 14.8 Å². The number of benzene rings is 7. The van der Waals surface area contributed by atoms with Gasteiger partial charge in [0.05, 0.1) is 27.0 Å². The average molecular weight is 718 g/mol. The fraction of sp³-hybridized carbons (Fsp3) is 0. The summed E-state index contributed by atoms with van der Waals surface area (Å²) in [7, 11) is -3.17. The molecule has 254 valence electrons. The molecule has 0 heterocycles. The highest BCUT2D eigenvalue weighted by Crippen LogP contribution is 2.45. The van der Waals surface area contributed by atoms with Gasteiger partial charge in [-0.3, -0.25) is 0 Å². The Morgan fingerprint density at radius 2 is 0.760 bits per heavy atom. The molecule has 0 atom stereocenters. The van der Waals surface area contributed by atoms with Crippen LogP contribution in [0.25, 0.3) is 43.1 Å². The molecule has 0 saturated heterocycles. The maximum absolute atomic E-state index is 16.1. The standard InChI is InChI=1S/C32H6BF15O2/c34-8-5-6-12(7-1-2-9(35)21(38)13(7)8)49-33(50-32-11(37)4-3-10(36)22(32)39)20-16-14-15-18(24(41)23(16)40)28(45)31(48)29(46)19(15)26(43)25(42)17(14)27(44)30(20)47/h1-6H. The molecule has 0 saturated carbocycles. The van der Waals surface area contributed by atoms with Gasteiger partial charge in [-0.15, -0.1) is 0 Å². The van der Waals surface area contributed by atoms with Crippen molar-refractivity contribution in [2.24, 2.45) is 0 Å². The van der Waals surface area contributed by atoms with Crippen molar-refractivity contribution in [3.63, 3.8) is 0 Å². The van der Waals surface area contributed by atoms with Crippen LogP contribution in [0, 0.1) is 87.3 Å². The van der Waals surface area contributed by atoms with Gasteiger partial charge in [-0.05, 0) is 36.4 Å². The molecule has 0 aliphatic carbocycles. The van der Waals surface area contributed by atoms with E-state index in [0.717, 1.165) is 0 Å². The van der Waals surface area contributed by atoms with E-state index in [9.17, 15) is 39.5 Å². The number of hydrogen-bond acceptors (Lipinski definition) is 2. The molecule has 0 spiro atoms. The summed E-state index contributed by atoms with van der Waals surface area (Å²) >= 11 is 0. The minimum atomic E-state index is -3.17. The minimum absolute atomic E-state index is 0.225. The summed E-state index contributed by atoms with van der Waals surface area (Å²) in [6.45, 7) is 0. The fourth-order valence-corrected chi connectivity index (χ4v) is 5.77. The van der Waals surface area contributed by atoms with Crippen molar-refractivity contribution in [3.8, 4) is 11.5 Å². The van der Waals surface area contributed by atoms with Gasteiger partial charge in [0.2, 0.25) is 5.82 Å². The largest absolute Gasteiger partial charge is 0.636 e. The predicted molar refractivity (Wildman–Crippen MR) is 147 cm³/mol. The maximum atomic E-state index is 16.1. The maximum Gasteiger partial charge on any atom is 0.636 e. The normalized spacial score (nSPS) is 11.9. The molecule has 0 N–H and O–H groups in total. The second-order valence-corrected chi connectivity index (χ2v) is 10.6. The molecular formula is C32H6BF15O2. The molecule has 0 radical (unpaired) electrons. The molecule has 7 aromatic rings. The van der Waals surface area contributed by atoms with Crippen molar-refractivity contribution in [1.82, 2.24) is 0 Å². The van der Waals surface area contributed by atoms with Crippen LogP contribution in [-0.2, 0) is 0 Å². The topological polar surface area (TPSA) is 18.5 Å². The summed E-state index contributed by atoms with van der Waals surface area (Å²) < 4.78 is 235. The van der Waals surface area contributed by atoms with Gasteiger partial charge in [-0.2, -0.15) is 4.39 Å². The molecule has 50 heavy (non-hydrogen) atoms. The number of hydrogen-bond donors (Lipinski definition) is 0. The SMILES string of the molecule is Fc1ccc(F)c(OB(Oc2ccc(F)c3c(F)c(F)ccc23)c2c(F)c(F)c3c(F)c(F)c4c(F)c(F)c(F)c5c(F)c(F)c2c3c45)c1F. The van der Waals surface area contributed by atoms with Gasteiger partial charge in [-0.1, -0.05) is 0 Å². The van der Waals surface area contributed by atoms with Crippen molar-refractivity contribution >= 4 is 55.7 Å². The Morgan fingerprint density at radius 3 is 1.36 bits per heavy atom. The second-order valence-electron chi connectivity index (χ2n) is 10.6. The van der Waals surface area contributed by atoms with Crippen molar-refractivity contribution in [2.75, 3.05) is 0 Å². The number of rotatable bonds is 5. The van der Waals surface area contributed by atoms with Crippen LogP contribution in [0.2, 0.25) is 0 Å². The van der Waals surface area contributed by atoms with Crippen LogP contribution >= 0.6 is 0 Å². The lowest BCUT2D eigenvalue weighted by Gasteiger charge is -2.23. The summed E-state index contributed by atoms with van der Waals surface area (Å²) in [5.41, 5.74) is -1.88. The highest BCUT2D eigenvalue weighted by atomic mass is 19.2. The van der Waals surface area contributed by atoms with E-state index in [-0.39, 0.29) is 12.1 Å². The molecule has 0 bridgehead atoms. The van der Waals surface area contributed by atoms with E-state index in [2.05, 4.69) is 0 Å². The Balaban J connectivity index is 1.65. The Morgan fingerprint density at radius 1 is 0.320 bits per heavy atom. The van der Waals surface area contributed by atoms with Gasteiger partial charge in [0.25, 0.3) is 0 Å². The number of halogens is 15. The first-order valence-corrected chi connectivity index (χ1v) is 13.5. The average Bonchev–Trinajstić information content (AvgIpc) is 3.08. The Hall–Kier alpha value is -5.55. The van der Waals surface area contributed by atoms with Crippen molar-refractivity contribution in [2.45, 2.75) is 0 Å². The molecule has 2 nitrogen and oxygen atoms in total. The molecule has 0 fully saturated rings. The predicted octanol–water partition coefficient (Wildman–Crippen LogP) is 9.68. The first-order chi connectivity index (χ1) is 23.6. The summed E-state index contributed by atoms with van der Waals surface area (Å²) in [5, 5.41) is -12.6. The van der Waals surface area contributed by atoms with Gasteiger partial charge in [0.1, 0.15) is 11.6 Å². The van der Waals surface area contributed by atoms with E-state index in [1.807, 2.05) is 0 Å². The van der Waals surface area contributed by atoms with Crippen LogP contribution in [0.1, 0.15) is 0 Å². The molecule has 0 amide bonds. The summed E-state index contributed by atoms with van der Waals surface area (Å²) in [6, 6.07) is 2.50. The van der Waals surface area contributed by atoms with E-state index in [1.165, 1.54) is 0 Å². The molecule has 7 rings (SSSR count). The Labute approximate surface area is 266 Å². The quantitative estimate of drug-likeness (QED) is 0.0581. The van der Waals surface area contributed by atoms with Crippen LogP contribution in [0.5, 0.6) is 11.5 Å². The van der Waals surface area contributed by atoms with Gasteiger partial charge in [-0.25, -0.2) is 61.5 Å². The fourth-order valence-electron chi connectivity index (χ4n) is 5.77. The van der Waals surface area contributed by atoms with E-state index in [1.54, 1.807) is 0 Å². The zero-order valence-corrected chi connectivity index (χ0v) is 23.5. The lowest BCUT2D eigenvalue weighted by molar-refractivity contribution is 0.382. The van der Waals surface area contributed by atoms with Gasteiger partial charge in [0.15, 0.2) is 81.4 Å². The van der Waals surface area contributed by atoms with Gasteiger partial charge < -0.3 is 9.31 Å². The van der Waals surface area contributed by atoms with E-state index in [0.29, 0.717) is 24.3 Å². The molecule has 0 unspecified atom stereocenters. The van der Waals surface area contributed by atoms with E-state index in [4.69, 9.17) is 9.31 Å². The zero-order chi connectivity index (χ0) is 36.2. The van der Waals surface area contributed by atoms with Crippen molar-refractivity contribution < 1.29 is 75.2 Å². The van der Waals surface area contributed by atoms with Crippen LogP contribution in [-0.4, -0.2) is 7.12 Å². The molecule has 18 heteroatoms. The smallest absolute Gasteiger partial charge is 0.521 e. The third kappa shape index (κ3) is 4.35. The van der Waals surface area contributed by atoms with E-state index < -0.39 is 154 Å². The second kappa shape index (κ2) is 11.2. The third-order valence-corrected chi connectivity index (χ3v) is 7.93. The van der Waals surface area contributed by atoms with Crippen LogP contribution in [0.4, 0.5) is 65.9 Å². The monoisotopic (exact) mass is 718 g/mol. The van der Waals surface area contributed by atoms with Gasteiger partial charge in [0, 0.05) is 21.5 Å². The van der Waals surface area contributed by atoms with Crippen LogP contribution in [0.3, 0.4) is 0 Å². The van der Waals surface area contributed by atoms with Crippen molar-refractivity contribution in [3.05, 3.63) is 124 Å². The van der Waals surface area contributed by atoms with Gasteiger partial charge >= 0.3 is 7.12 Å². The highest BCUT2D eigenvalue weighted by molar-refractivity contribution is 6.66. The Kier molecular flexibility index (Phi) is 7.42. The molecular weight excluding hydrogens is 712 g/mol. The number of fused-ring (bicyclic) bond motifs is 1. The zero-order valence-electron chi connectivity index (χ0n) is 23.5. The molecule has 7 aromatic carbocycles. The molecule has 0 aliphatic rings. The third-order valence-electron chi connectivity index (χ3n) is 7.93. The lowest BCUT2D eigenvalue weighted by Crippen LogP contribution is -2.46. The Bertz CT molecular complexity index is 2600. The minimum Gasteiger partial charge on any atom is -0.521 e.